The van der Waals surface area contributed by atoms with E-state index in [0.717, 1.165) is 12.8 Å². The molecule has 1 atom stereocenters. The summed E-state index contributed by atoms with van der Waals surface area (Å²) in [6.07, 6.45) is 3.99. The Labute approximate surface area is 167 Å². The summed E-state index contributed by atoms with van der Waals surface area (Å²) in [6.45, 7) is 0.626. The molecule has 0 spiro atoms. The van der Waals surface area contributed by atoms with Gasteiger partial charge < -0.3 is 5.32 Å². The van der Waals surface area contributed by atoms with Crippen LogP contribution in [-0.2, 0) is 11.2 Å². The number of fused-ring (bicyclic) bond motifs is 1. The minimum atomic E-state index is 0.151. The first kappa shape index (κ1) is 18.5. The van der Waals surface area contributed by atoms with E-state index >= 15 is 0 Å². The van der Waals surface area contributed by atoms with Gasteiger partial charge >= 0.3 is 0 Å². The Hall–Kier alpha value is -2.87. The van der Waals surface area contributed by atoms with Crippen molar-refractivity contribution in [2.45, 2.75) is 37.5 Å². The van der Waals surface area contributed by atoms with Crippen molar-refractivity contribution in [1.29, 1.82) is 0 Å². The van der Waals surface area contributed by atoms with Gasteiger partial charge in [-0.15, -0.1) is 0 Å². The number of rotatable bonds is 6. The van der Waals surface area contributed by atoms with E-state index in [1.165, 1.54) is 28.7 Å². The third-order valence-corrected chi connectivity index (χ3v) is 5.83. The summed E-state index contributed by atoms with van der Waals surface area (Å²) in [5.74, 6) is 0.667. The highest BCUT2D eigenvalue weighted by atomic mass is 16.1. The van der Waals surface area contributed by atoms with E-state index in [-0.39, 0.29) is 11.8 Å². The molecule has 0 bridgehead atoms. The predicted molar refractivity (Wildman–Crippen MR) is 114 cm³/mol. The van der Waals surface area contributed by atoms with Crippen molar-refractivity contribution in [2.24, 2.45) is 0 Å². The Kier molecular flexibility index (Phi) is 5.86. The quantitative estimate of drug-likeness (QED) is 0.615. The lowest BCUT2D eigenvalue weighted by molar-refractivity contribution is -0.121. The van der Waals surface area contributed by atoms with Gasteiger partial charge in [0.25, 0.3) is 0 Å². The highest BCUT2D eigenvalue weighted by Crippen LogP contribution is 2.33. The normalized spacial score (nSPS) is 15.8. The van der Waals surface area contributed by atoms with Crippen molar-refractivity contribution < 1.29 is 4.79 Å². The third kappa shape index (κ3) is 4.33. The molecule has 1 aliphatic carbocycles. The van der Waals surface area contributed by atoms with Crippen molar-refractivity contribution >= 4 is 5.91 Å². The molecule has 0 fully saturated rings. The molecule has 0 aromatic heterocycles. The number of aryl methyl sites for hydroxylation is 1. The van der Waals surface area contributed by atoms with E-state index in [1.54, 1.807) is 0 Å². The lowest BCUT2D eigenvalue weighted by atomic mass is 9.81. The van der Waals surface area contributed by atoms with Gasteiger partial charge in [0.15, 0.2) is 0 Å². The zero-order valence-corrected chi connectivity index (χ0v) is 16.2. The number of carbonyl (C=O) groups is 1. The van der Waals surface area contributed by atoms with Gasteiger partial charge in [-0.3, -0.25) is 4.79 Å². The minimum Gasteiger partial charge on any atom is -0.355 e. The molecule has 1 aliphatic rings. The van der Waals surface area contributed by atoms with Gasteiger partial charge in [0, 0.05) is 18.9 Å². The van der Waals surface area contributed by atoms with Crippen molar-refractivity contribution in [2.75, 3.05) is 6.54 Å². The summed E-state index contributed by atoms with van der Waals surface area (Å²) >= 11 is 0. The number of benzene rings is 3. The number of amides is 1. The Morgan fingerprint density at radius 3 is 2.14 bits per heavy atom. The van der Waals surface area contributed by atoms with E-state index in [4.69, 9.17) is 0 Å². The Morgan fingerprint density at radius 1 is 0.857 bits per heavy atom. The summed E-state index contributed by atoms with van der Waals surface area (Å²) in [4.78, 5) is 12.8. The van der Waals surface area contributed by atoms with Crippen LogP contribution < -0.4 is 5.32 Å². The minimum absolute atomic E-state index is 0.151. The first-order valence-corrected chi connectivity index (χ1v) is 10.3. The molecule has 1 amide bonds. The molecule has 0 heterocycles. The average Bonchev–Trinajstić information content (AvgIpc) is 2.76. The monoisotopic (exact) mass is 369 g/mol. The van der Waals surface area contributed by atoms with E-state index < -0.39 is 0 Å². The smallest absolute Gasteiger partial charge is 0.220 e. The Balaban J connectivity index is 1.44. The van der Waals surface area contributed by atoms with Crippen LogP contribution in [0.1, 0.15) is 53.4 Å². The highest BCUT2D eigenvalue weighted by Gasteiger charge is 2.23. The largest absolute Gasteiger partial charge is 0.355 e. The predicted octanol–water partition coefficient (Wildman–Crippen LogP) is 5.44. The van der Waals surface area contributed by atoms with Gasteiger partial charge in [-0.05, 0) is 47.4 Å². The van der Waals surface area contributed by atoms with Crippen LogP contribution in [0.5, 0.6) is 0 Å². The van der Waals surface area contributed by atoms with Gasteiger partial charge in [0.05, 0.1) is 0 Å². The maximum absolute atomic E-state index is 12.8. The van der Waals surface area contributed by atoms with Gasteiger partial charge in [0.2, 0.25) is 5.91 Å². The molecular formula is C26H27NO. The molecule has 0 saturated heterocycles. The van der Waals surface area contributed by atoms with E-state index in [0.29, 0.717) is 18.9 Å². The van der Waals surface area contributed by atoms with Crippen LogP contribution in [0.4, 0.5) is 0 Å². The van der Waals surface area contributed by atoms with Crippen LogP contribution in [0.3, 0.4) is 0 Å². The molecule has 2 heteroatoms. The standard InChI is InChI=1S/C26H27NO/c28-26(18-23-16-9-15-20-14-7-8-17-24(20)23)27-19-25(21-10-3-1-4-11-21)22-12-5-2-6-13-22/h1-8,10-14,17,23,25H,9,15-16,18-19H2,(H,27,28). The van der Waals surface area contributed by atoms with E-state index in [9.17, 15) is 4.79 Å². The fourth-order valence-electron chi connectivity index (χ4n) is 4.38. The fourth-order valence-corrected chi connectivity index (χ4v) is 4.38. The van der Waals surface area contributed by atoms with Crippen LogP contribution in [0, 0.1) is 0 Å². The first-order valence-electron chi connectivity index (χ1n) is 10.3. The summed E-state index contributed by atoms with van der Waals surface area (Å²) in [5.41, 5.74) is 5.25. The summed E-state index contributed by atoms with van der Waals surface area (Å²) in [5, 5.41) is 3.22. The number of carbonyl (C=O) groups excluding carboxylic acids is 1. The lowest BCUT2D eigenvalue weighted by Gasteiger charge is -2.25. The van der Waals surface area contributed by atoms with Gasteiger partial charge in [0.1, 0.15) is 0 Å². The maximum Gasteiger partial charge on any atom is 0.220 e. The molecule has 0 aliphatic heterocycles. The average molecular weight is 370 g/mol. The van der Waals surface area contributed by atoms with E-state index in [1.807, 2.05) is 12.1 Å². The molecule has 2 nitrogen and oxygen atoms in total. The Morgan fingerprint density at radius 2 is 1.46 bits per heavy atom. The first-order chi connectivity index (χ1) is 13.8. The van der Waals surface area contributed by atoms with Crippen LogP contribution in [-0.4, -0.2) is 12.5 Å². The van der Waals surface area contributed by atoms with Crippen LogP contribution in [0.25, 0.3) is 0 Å². The molecular weight excluding hydrogens is 342 g/mol. The summed E-state index contributed by atoms with van der Waals surface area (Å²) in [7, 11) is 0. The van der Waals surface area contributed by atoms with Gasteiger partial charge in [-0.1, -0.05) is 84.9 Å². The Bertz CT molecular complexity index is 864. The fraction of sp³-hybridized carbons (Fsp3) is 0.269. The molecule has 0 radical (unpaired) electrons. The molecule has 1 unspecified atom stereocenters. The third-order valence-electron chi connectivity index (χ3n) is 5.83. The van der Waals surface area contributed by atoms with Crippen molar-refractivity contribution in [1.82, 2.24) is 5.32 Å². The number of hydrogen-bond donors (Lipinski definition) is 1. The van der Waals surface area contributed by atoms with Gasteiger partial charge in [-0.25, -0.2) is 0 Å². The second-order valence-electron chi connectivity index (χ2n) is 7.67. The summed E-state index contributed by atoms with van der Waals surface area (Å²) in [6, 6.07) is 29.5. The SMILES string of the molecule is O=C(CC1CCCc2ccccc21)NCC(c1ccccc1)c1ccccc1. The zero-order chi connectivity index (χ0) is 19.2. The summed E-state index contributed by atoms with van der Waals surface area (Å²) < 4.78 is 0. The molecule has 142 valence electrons. The topological polar surface area (TPSA) is 29.1 Å². The van der Waals surface area contributed by atoms with Crippen molar-refractivity contribution in [3.63, 3.8) is 0 Å². The van der Waals surface area contributed by atoms with E-state index in [2.05, 4.69) is 78.1 Å². The van der Waals surface area contributed by atoms with Crippen LogP contribution in [0.15, 0.2) is 84.9 Å². The molecule has 0 saturated carbocycles. The number of hydrogen-bond acceptors (Lipinski definition) is 1. The molecule has 3 aromatic rings. The molecule has 28 heavy (non-hydrogen) atoms. The lowest BCUT2D eigenvalue weighted by Crippen LogP contribution is -2.30. The maximum atomic E-state index is 12.8. The molecule has 1 N–H and O–H groups in total. The molecule has 4 rings (SSSR count). The number of nitrogens with one attached hydrogen (secondary N) is 1. The van der Waals surface area contributed by atoms with Gasteiger partial charge in [-0.2, -0.15) is 0 Å². The van der Waals surface area contributed by atoms with Crippen LogP contribution in [0.2, 0.25) is 0 Å². The van der Waals surface area contributed by atoms with Crippen molar-refractivity contribution in [3.05, 3.63) is 107 Å². The second kappa shape index (κ2) is 8.88. The second-order valence-corrected chi connectivity index (χ2v) is 7.67. The highest BCUT2D eigenvalue weighted by molar-refractivity contribution is 5.77. The van der Waals surface area contributed by atoms with Crippen molar-refractivity contribution in [3.8, 4) is 0 Å². The zero-order valence-electron chi connectivity index (χ0n) is 16.2. The molecule has 3 aromatic carbocycles. The van der Waals surface area contributed by atoms with Crippen LogP contribution >= 0.6 is 0 Å².